The first-order valence-corrected chi connectivity index (χ1v) is 10.0. The molecule has 0 unspecified atom stereocenters. The first-order chi connectivity index (χ1) is 14.6. The second-order valence-corrected chi connectivity index (χ2v) is 7.20. The van der Waals surface area contributed by atoms with E-state index in [0.29, 0.717) is 35.2 Å². The van der Waals surface area contributed by atoms with Gasteiger partial charge in [0.05, 0.1) is 13.7 Å². The van der Waals surface area contributed by atoms with Crippen molar-refractivity contribution in [2.45, 2.75) is 32.4 Å². The molecular formula is C23H24N2O5. The Hall–Kier alpha value is -3.32. The molecule has 1 aliphatic rings. The topological polar surface area (TPSA) is 89.8 Å². The van der Waals surface area contributed by atoms with Crippen molar-refractivity contribution in [3.8, 4) is 11.5 Å². The van der Waals surface area contributed by atoms with Gasteiger partial charge in [0.25, 0.3) is 5.91 Å². The van der Waals surface area contributed by atoms with Crippen LogP contribution < -0.4 is 25.7 Å². The molecule has 0 atom stereocenters. The van der Waals surface area contributed by atoms with E-state index >= 15 is 0 Å². The summed E-state index contributed by atoms with van der Waals surface area (Å²) >= 11 is 0. The molecule has 7 heteroatoms. The number of ether oxygens (including phenoxy) is 2. The summed E-state index contributed by atoms with van der Waals surface area (Å²) in [6.45, 7) is 3.01. The van der Waals surface area contributed by atoms with Crippen LogP contribution in [-0.2, 0) is 6.54 Å². The molecular weight excluding hydrogens is 384 g/mol. The van der Waals surface area contributed by atoms with E-state index in [4.69, 9.17) is 13.9 Å². The maximum Gasteiger partial charge on any atom is 0.349 e. The Kier molecular flexibility index (Phi) is 5.72. The van der Waals surface area contributed by atoms with Crippen molar-refractivity contribution in [2.24, 2.45) is 0 Å². The zero-order chi connectivity index (χ0) is 21.1. The van der Waals surface area contributed by atoms with Crippen LogP contribution >= 0.6 is 0 Å². The van der Waals surface area contributed by atoms with Crippen molar-refractivity contribution in [3.05, 3.63) is 64.0 Å². The molecule has 30 heavy (non-hydrogen) atoms. The van der Waals surface area contributed by atoms with Crippen LogP contribution in [0.1, 0.15) is 35.7 Å². The fraction of sp³-hybridized carbons (Fsp3) is 0.304. The third-order valence-electron chi connectivity index (χ3n) is 4.96. The number of hydrogen-bond acceptors (Lipinski definition) is 6. The zero-order valence-electron chi connectivity index (χ0n) is 17.0. The van der Waals surface area contributed by atoms with Gasteiger partial charge in [-0.3, -0.25) is 4.79 Å². The summed E-state index contributed by atoms with van der Waals surface area (Å²) in [7, 11) is 1.51. The molecule has 2 N–H and O–H groups in total. The van der Waals surface area contributed by atoms with Crippen molar-refractivity contribution in [1.82, 2.24) is 5.32 Å². The number of fused-ring (bicyclic) bond motifs is 1. The van der Waals surface area contributed by atoms with E-state index in [9.17, 15) is 9.59 Å². The normalized spacial score (nSPS) is 13.3. The summed E-state index contributed by atoms with van der Waals surface area (Å²) < 4.78 is 16.3. The molecule has 1 aliphatic carbocycles. The largest absolute Gasteiger partial charge is 0.493 e. The molecule has 1 aromatic heterocycles. The van der Waals surface area contributed by atoms with E-state index in [1.807, 2.05) is 31.2 Å². The van der Waals surface area contributed by atoms with Gasteiger partial charge in [-0.05, 0) is 55.7 Å². The Morgan fingerprint density at radius 1 is 1.17 bits per heavy atom. The molecule has 4 rings (SSSR count). The van der Waals surface area contributed by atoms with Crippen LogP contribution in [0.4, 0.5) is 5.69 Å². The Bertz CT molecular complexity index is 1120. The predicted molar refractivity (Wildman–Crippen MR) is 114 cm³/mol. The number of nitrogens with one attached hydrogen (secondary N) is 2. The average molecular weight is 408 g/mol. The Morgan fingerprint density at radius 3 is 2.60 bits per heavy atom. The third kappa shape index (κ3) is 4.31. The summed E-state index contributed by atoms with van der Waals surface area (Å²) in [6, 6.07) is 13.1. The predicted octanol–water partition coefficient (Wildman–Crippen LogP) is 3.70. The second-order valence-electron chi connectivity index (χ2n) is 7.20. The Morgan fingerprint density at radius 2 is 1.93 bits per heavy atom. The number of anilines is 1. The molecule has 0 aliphatic heterocycles. The van der Waals surface area contributed by atoms with Crippen LogP contribution in [0.3, 0.4) is 0 Å². The van der Waals surface area contributed by atoms with Crippen LogP contribution in [-0.4, -0.2) is 25.7 Å². The molecule has 0 radical (unpaired) electrons. The highest BCUT2D eigenvalue weighted by atomic mass is 16.5. The Labute approximate surface area is 174 Å². The SMILES string of the molecule is CCOc1c(OC)ccc2cc(C(=O)Nc3ccc(CNC4CC4)cc3)c(=O)oc12. The minimum Gasteiger partial charge on any atom is -0.493 e. The summed E-state index contributed by atoms with van der Waals surface area (Å²) in [5.74, 6) is 0.279. The lowest BCUT2D eigenvalue weighted by Crippen LogP contribution is -2.21. The molecule has 0 spiro atoms. The number of carbonyl (C=O) groups is 1. The van der Waals surface area contributed by atoms with Gasteiger partial charge in [-0.25, -0.2) is 4.79 Å². The van der Waals surface area contributed by atoms with Crippen LogP contribution in [0.15, 0.2) is 51.7 Å². The smallest absolute Gasteiger partial charge is 0.349 e. The zero-order valence-corrected chi connectivity index (χ0v) is 17.0. The molecule has 156 valence electrons. The van der Waals surface area contributed by atoms with Gasteiger partial charge >= 0.3 is 5.63 Å². The maximum absolute atomic E-state index is 12.7. The molecule has 7 nitrogen and oxygen atoms in total. The first-order valence-electron chi connectivity index (χ1n) is 10.0. The van der Waals surface area contributed by atoms with Crippen LogP contribution in [0.2, 0.25) is 0 Å². The number of rotatable bonds is 8. The van der Waals surface area contributed by atoms with Crippen molar-refractivity contribution in [1.29, 1.82) is 0 Å². The van der Waals surface area contributed by atoms with Crippen molar-refractivity contribution in [3.63, 3.8) is 0 Å². The van der Waals surface area contributed by atoms with Crippen molar-refractivity contribution < 1.29 is 18.7 Å². The number of carbonyl (C=O) groups excluding carboxylic acids is 1. The van der Waals surface area contributed by atoms with Gasteiger partial charge in [0.15, 0.2) is 11.3 Å². The lowest BCUT2D eigenvalue weighted by Gasteiger charge is -2.12. The Balaban J connectivity index is 1.55. The van der Waals surface area contributed by atoms with Gasteiger partial charge in [-0.1, -0.05) is 12.1 Å². The standard InChI is InChI=1S/C23H24N2O5/c1-3-29-21-19(28-2)11-6-15-12-18(23(27)30-20(15)21)22(26)25-17-7-4-14(5-8-17)13-24-16-9-10-16/h4-8,11-12,16,24H,3,9-10,13H2,1-2H3,(H,25,26). The van der Waals surface area contributed by atoms with E-state index < -0.39 is 11.5 Å². The molecule has 2 aromatic carbocycles. The number of hydrogen-bond donors (Lipinski definition) is 2. The van der Waals surface area contributed by atoms with Crippen LogP contribution in [0.25, 0.3) is 11.0 Å². The summed E-state index contributed by atoms with van der Waals surface area (Å²) in [5.41, 5.74) is 1.20. The van der Waals surface area contributed by atoms with Gasteiger partial charge in [-0.15, -0.1) is 0 Å². The van der Waals surface area contributed by atoms with E-state index in [-0.39, 0.29) is 11.1 Å². The molecule has 1 saturated carbocycles. The average Bonchev–Trinajstić information content (AvgIpc) is 3.58. The number of methoxy groups -OCH3 is 1. The molecule has 1 amide bonds. The van der Waals surface area contributed by atoms with E-state index in [2.05, 4.69) is 10.6 Å². The van der Waals surface area contributed by atoms with E-state index in [0.717, 1.165) is 12.1 Å². The minimum atomic E-state index is -0.737. The van der Waals surface area contributed by atoms with Gasteiger partial charge in [0, 0.05) is 23.7 Å². The molecule has 0 saturated heterocycles. The maximum atomic E-state index is 12.7. The third-order valence-corrected chi connectivity index (χ3v) is 4.96. The lowest BCUT2D eigenvalue weighted by atomic mass is 10.1. The summed E-state index contributed by atoms with van der Waals surface area (Å²) in [4.78, 5) is 25.2. The highest BCUT2D eigenvalue weighted by molar-refractivity contribution is 6.05. The summed E-state index contributed by atoms with van der Waals surface area (Å²) in [6.07, 6.45) is 2.47. The fourth-order valence-electron chi connectivity index (χ4n) is 3.19. The number of benzene rings is 2. The number of amides is 1. The highest BCUT2D eigenvalue weighted by Gasteiger charge is 2.20. The van der Waals surface area contributed by atoms with Gasteiger partial charge in [0.2, 0.25) is 5.75 Å². The lowest BCUT2D eigenvalue weighted by molar-refractivity contribution is 0.102. The molecule has 1 fully saturated rings. The molecule has 0 bridgehead atoms. The minimum absolute atomic E-state index is 0.0745. The first kappa shape index (κ1) is 20.0. The molecule has 3 aromatic rings. The van der Waals surface area contributed by atoms with Gasteiger partial charge in [0.1, 0.15) is 5.56 Å². The fourth-order valence-corrected chi connectivity index (χ4v) is 3.19. The van der Waals surface area contributed by atoms with Gasteiger partial charge in [-0.2, -0.15) is 0 Å². The molecule has 1 heterocycles. The quantitative estimate of drug-likeness (QED) is 0.553. The van der Waals surface area contributed by atoms with Crippen LogP contribution in [0.5, 0.6) is 11.5 Å². The van der Waals surface area contributed by atoms with E-state index in [1.165, 1.54) is 26.0 Å². The summed E-state index contributed by atoms with van der Waals surface area (Å²) in [5, 5.41) is 6.77. The highest BCUT2D eigenvalue weighted by Crippen LogP contribution is 2.35. The van der Waals surface area contributed by atoms with Crippen molar-refractivity contribution >= 4 is 22.6 Å². The second kappa shape index (κ2) is 8.59. The van der Waals surface area contributed by atoms with E-state index in [1.54, 1.807) is 12.1 Å². The van der Waals surface area contributed by atoms with Crippen molar-refractivity contribution in [2.75, 3.05) is 19.0 Å². The van der Waals surface area contributed by atoms with Gasteiger partial charge < -0.3 is 24.5 Å². The monoisotopic (exact) mass is 408 g/mol. The van der Waals surface area contributed by atoms with Crippen LogP contribution in [0, 0.1) is 0 Å².